The molecule has 21 heavy (non-hydrogen) atoms. The quantitative estimate of drug-likeness (QED) is 0.870. The normalized spacial score (nSPS) is 17.9. The van der Waals surface area contributed by atoms with Crippen LogP contribution >= 0.6 is 11.8 Å². The van der Waals surface area contributed by atoms with Crippen molar-refractivity contribution in [3.8, 4) is 0 Å². The summed E-state index contributed by atoms with van der Waals surface area (Å²) in [5, 5.41) is 8.25. The number of hydrogen-bond acceptors (Lipinski definition) is 5. The van der Waals surface area contributed by atoms with Crippen LogP contribution in [0.1, 0.15) is 40.9 Å². The summed E-state index contributed by atoms with van der Waals surface area (Å²) in [6, 6.07) is 3.79. The lowest BCUT2D eigenvalue weighted by Gasteiger charge is -2.31. The van der Waals surface area contributed by atoms with E-state index < -0.39 is 0 Å². The fourth-order valence-corrected chi connectivity index (χ4v) is 3.19. The number of rotatable bonds is 3. The number of aryl methyl sites for hydroxylation is 1. The van der Waals surface area contributed by atoms with Gasteiger partial charge in [0.05, 0.1) is 18.3 Å². The van der Waals surface area contributed by atoms with Gasteiger partial charge in [-0.3, -0.25) is 4.79 Å². The average molecular weight is 306 g/mol. The van der Waals surface area contributed by atoms with Gasteiger partial charge in [-0.1, -0.05) is 0 Å². The molecule has 6 nitrogen and oxygen atoms in total. The first kappa shape index (κ1) is 14.2. The van der Waals surface area contributed by atoms with Crippen molar-refractivity contribution in [3.05, 3.63) is 35.3 Å². The van der Waals surface area contributed by atoms with Crippen molar-refractivity contribution in [1.82, 2.24) is 19.7 Å². The molecule has 2 aromatic rings. The van der Waals surface area contributed by atoms with E-state index in [1.807, 2.05) is 19.2 Å². The standard InChI is InChI=1S/C14H18N4O2S/c1-9-6-17(7-13-16-15-10(2)18(9)13)14(19)12-5-4-11(20-12)8-21-3/h4-5,9H,6-8H2,1-3H3/t9-/m1/s1. The summed E-state index contributed by atoms with van der Waals surface area (Å²) in [5.74, 6) is 3.64. The third-order valence-electron chi connectivity index (χ3n) is 3.64. The van der Waals surface area contributed by atoms with E-state index in [0.29, 0.717) is 18.8 Å². The van der Waals surface area contributed by atoms with Crippen molar-refractivity contribution < 1.29 is 9.21 Å². The molecule has 2 aromatic heterocycles. The minimum Gasteiger partial charge on any atom is -0.455 e. The summed E-state index contributed by atoms with van der Waals surface area (Å²) >= 11 is 1.67. The number of nitrogens with zero attached hydrogens (tertiary/aromatic N) is 4. The van der Waals surface area contributed by atoms with E-state index in [1.165, 1.54) is 0 Å². The fraction of sp³-hybridized carbons (Fsp3) is 0.500. The monoisotopic (exact) mass is 306 g/mol. The summed E-state index contributed by atoms with van der Waals surface area (Å²) in [4.78, 5) is 14.3. The first-order valence-corrected chi connectivity index (χ1v) is 8.27. The van der Waals surface area contributed by atoms with Gasteiger partial charge in [0.1, 0.15) is 11.6 Å². The number of furan rings is 1. The molecule has 0 bridgehead atoms. The Labute approximate surface area is 127 Å². The Bertz CT molecular complexity index is 664. The zero-order valence-corrected chi connectivity index (χ0v) is 13.2. The zero-order valence-electron chi connectivity index (χ0n) is 12.4. The van der Waals surface area contributed by atoms with E-state index in [9.17, 15) is 4.79 Å². The van der Waals surface area contributed by atoms with Gasteiger partial charge in [0, 0.05) is 6.54 Å². The molecule has 112 valence electrons. The molecule has 1 atom stereocenters. The van der Waals surface area contributed by atoms with Crippen LogP contribution in [0.3, 0.4) is 0 Å². The van der Waals surface area contributed by atoms with Crippen LogP contribution in [-0.4, -0.2) is 38.4 Å². The van der Waals surface area contributed by atoms with Crippen LogP contribution in [0.25, 0.3) is 0 Å². The van der Waals surface area contributed by atoms with Gasteiger partial charge in [-0.25, -0.2) is 0 Å². The summed E-state index contributed by atoms with van der Waals surface area (Å²) in [6.07, 6.45) is 2.01. The van der Waals surface area contributed by atoms with E-state index in [2.05, 4.69) is 21.7 Å². The van der Waals surface area contributed by atoms with E-state index >= 15 is 0 Å². The number of amides is 1. The van der Waals surface area contributed by atoms with Crippen LogP contribution in [-0.2, 0) is 12.3 Å². The van der Waals surface area contributed by atoms with E-state index in [0.717, 1.165) is 23.2 Å². The molecule has 0 aromatic carbocycles. The van der Waals surface area contributed by atoms with Crippen molar-refractivity contribution >= 4 is 17.7 Å². The third-order valence-corrected chi connectivity index (χ3v) is 4.21. The highest BCUT2D eigenvalue weighted by atomic mass is 32.2. The molecule has 3 heterocycles. The Balaban J connectivity index is 1.80. The second-order valence-corrected chi connectivity index (χ2v) is 6.13. The number of fused-ring (bicyclic) bond motifs is 1. The lowest BCUT2D eigenvalue weighted by molar-refractivity contribution is 0.0646. The molecule has 1 aliphatic rings. The SMILES string of the molecule is CSCc1ccc(C(=O)N2Cc3nnc(C)n3[C@H](C)C2)o1. The van der Waals surface area contributed by atoms with E-state index in [1.54, 1.807) is 22.7 Å². The van der Waals surface area contributed by atoms with Crippen LogP contribution < -0.4 is 0 Å². The van der Waals surface area contributed by atoms with Crippen molar-refractivity contribution in [2.24, 2.45) is 0 Å². The third kappa shape index (κ3) is 2.57. The largest absolute Gasteiger partial charge is 0.455 e. The van der Waals surface area contributed by atoms with E-state index in [-0.39, 0.29) is 11.9 Å². The topological polar surface area (TPSA) is 64.2 Å². The summed E-state index contributed by atoms with van der Waals surface area (Å²) in [7, 11) is 0. The van der Waals surface area contributed by atoms with Gasteiger partial charge in [0.15, 0.2) is 11.6 Å². The fourth-order valence-electron chi connectivity index (χ4n) is 2.75. The number of aromatic nitrogens is 3. The molecule has 0 radical (unpaired) electrons. The molecular weight excluding hydrogens is 288 g/mol. The molecule has 1 aliphatic heterocycles. The molecule has 0 fully saturated rings. The Kier molecular flexibility index (Phi) is 3.75. The Morgan fingerprint density at radius 1 is 1.48 bits per heavy atom. The Morgan fingerprint density at radius 3 is 3.05 bits per heavy atom. The number of hydrogen-bond donors (Lipinski definition) is 0. The summed E-state index contributed by atoms with van der Waals surface area (Å²) in [5.41, 5.74) is 0. The van der Waals surface area contributed by atoms with Gasteiger partial charge in [-0.15, -0.1) is 10.2 Å². The molecule has 0 spiro atoms. The average Bonchev–Trinajstić information content (AvgIpc) is 3.06. The molecule has 3 rings (SSSR count). The summed E-state index contributed by atoms with van der Waals surface area (Å²) in [6.45, 7) is 5.12. The highest BCUT2D eigenvalue weighted by molar-refractivity contribution is 7.97. The smallest absolute Gasteiger partial charge is 0.290 e. The van der Waals surface area contributed by atoms with Crippen molar-refractivity contribution in [3.63, 3.8) is 0 Å². The molecule has 0 unspecified atom stereocenters. The van der Waals surface area contributed by atoms with Gasteiger partial charge in [0.2, 0.25) is 0 Å². The van der Waals surface area contributed by atoms with Gasteiger partial charge < -0.3 is 13.9 Å². The van der Waals surface area contributed by atoms with E-state index in [4.69, 9.17) is 4.42 Å². The van der Waals surface area contributed by atoms with Crippen molar-refractivity contribution in [2.45, 2.75) is 32.2 Å². The molecular formula is C14H18N4O2S. The lowest BCUT2D eigenvalue weighted by atomic mass is 10.2. The van der Waals surface area contributed by atoms with Gasteiger partial charge in [-0.2, -0.15) is 11.8 Å². The second kappa shape index (κ2) is 5.55. The van der Waals surface area contributed by atoms with Crippen LogP contribution in [0.5, 0.6) is 0 Å². The van der Waals surface area contributed by atoms with Crippen LogP contribution in [0.2, 0.25) is 0 Å². The lowest BCUT2D eigenvalue weighted by Crippen LogP contribution is -2.40. The molecule has 0 saturated heterocycles. The van der Waals surface area contributed by atoms with Crippen LogP contribution in [0.15, 0.2) is 16.5 Å². The summed E-state index contributed by atoms with van der Waals surface area (Å²) < 4.78 is 7.70. The van der Waals surface area contributed by atoms with Gasteiger partial charge >= 0.3 is 0 Å². The first-order chi connectivity index (χ1) is 10.1. The van der Waals surface area contributed by atoms with Crippen LogP contribution in [0, 0.1) is 6.92 Å². The van der Waals surface area contributed by atoms with Crippen molar-refractivity contribution in [2.75, 3.05) is 12.8 Å². The maximum absolute atomic E-state index is 12.5. The predicted octanol–water partition coefficient (Wildman–Crippen LogP) is 2.26. The maximum Gasteiger partial charge on any atom is 0.290 e. The Morgan fingerprint density at radius 2 is 2.29 bits per heavy atom. The molecule has 0 saturated carbocycles. The minimum absolute atomic E-state index is 0.0823. The van der Waals surface area contributed by atoms with Gasteiger partial charge in [-0.05, 0) is 32.2 Å². The number of carbonyl (C=O) groups is 1. The number of carbonyl (C=O) groups excluding carboxylic acids is 1. The second-order valence-electron chi connectivity index (χ2n) is 5.27. The molecule has 7 heteroatoms. The number of thioether (sulfide) groups is 1. The maximum atomic E-state index is 12.5. The Hall–Kier alpha value is -1.76. The molecule has 0 aliphatic carbocycles. The van der Waals surface area contributed by atoms with Gasteiger partial charge in [0.25, 0.3) is 5.91 Å². The highest BCUT2D eigenvalue weighted by Gasteiger charge is 2.29. The highest BCUT2D eigenvalue weighted by Crippen LogP contribution is 2.23. The van der Waals surface area contributed by atoms with Crippen LogP contribution in [0.4, 0.5) is 0 Å². The molecule has 0 N–H and O–H groups in total. The first-order valence-electron chi connectivity index (χ1n) is 6.87. The predicted molar refractivity (Wildman–Crippen MR) is 80.1 cm³/mol. The minimum atomic E-state index is -0.0823. The molecule has 1 amide bonds. The zero-order chi connectivity index (χ0) is 15.0. The van der Waals surface area contributed by atoms with Crippen molar-refractivity contribution in [1.29, 1.82) is 0 Å².